The molecule has 7 heteroatoms. The topological polar surface area (TPSA) is 91.8 Å². The molecule has 0 radical (unpaired) electrons. The molecular weight excluding hydrogens is 366 g/mol. The maximum Gasteiger partial charge on any atom is 0.256 e. The quantitative estimate of drug-likeness (QED) is 0.575. The van der Waals surface area contributed by atoms with E-state index in [1.54, 1.807) is 24.2 Å². The number of hydrogen-bond acceptors (Lipinski definition) is 5. The summed E-state index contributed by atoms with van der Waals surface area (Å²) in [5, 5.41) is 0.782. The van der Waals surface area contributed by atoms with Gasteiger partial charge in [-0.2, -0.15) is 0 Å². The molecule has 1 N–H and O–H groups in total. The lowest BCUT2D eigenvalue weighted by atomic mass is 10.0. The Morgan fingerprint density at radius 3 is 2.69 bits per heavy atom. The molecule has 0 bridgehead atoms. The molecule has 0 saturated heterocycles. The van der Waals surface area contributed by atoms with Crippen molar-refractivity contribution in [3.05, 3.63) is 87.9 Å². The summed E-state index contributed by atoms with van der Waals surface area (Å²) in [6.07, 6.45) is 3.40. The molecule has 5 rings (SSSR count). The van der Waals surface area contributed by atoms with Crippen LogP contribution in [-0.2, 0) is 13.1 Å². The van der Waals surface area contributed by atoms with E-state index < -0.39 is 0 Å². The van der Waals surface area contributed by atoms with Gasteiger partial charge in [-0.15, -0.1) is 0 Å². The van der Waals surface area contributed by atoms with Gasteiger partial charge in [0.05, 0.1) is 41.1 Å². The number of amides is 1. The Hall–Kier alpha value is -3.87. The zero-order chi connectivity index (χ0) is 20.0. The van der Waals surface area contributed by atoms with Crippen molar-refractivity contribution in [3.63, 3.8) is 0 Å². The maximum atomic E-state index is 13.5. The smallest absolute Gasteiger partial charge is 0.256 e. The number of aromatic nitrogens is 4. The minimum absolute atomic E-state index is 0.144. The number of pyridine rings is 2. The zero-order valence-electron chi connectivity index (χ0n) is 15.7. The van der Waals surface area contributed by atoms with Crippen LogP contribution in [0.15, 0.2) is 59.7 Å². The fourth-order valence-corrected chi connectivity index (χ4v) is 3.73. The van der Waals surface area contributed by atoms with Crippen LogP contribution in [0, 0.1) is 6.92 Å². The van der Waals surface area contributed by atoms with Crippen molar-refractivity contribution in [2.45, 2.75) is 20.0 Å². The number of aryl methyl sites for hydroxylation is 1. The van der Waals surface area contributed by atoms with Crippen LogP contribution in [-0.4, -0.2) is 30.7 Å². The van der Waals surface area contributed by atoms with Gasteiger partial charge in [0.15, 0.2) is 0 Å². The van der Waals surface area contributed by atoms with E-state index in [-0.39, 0.29) is 18.0 Å². The summed E-state index contributed by atoms with van der Waals surface area (Å²) in [4.78, 5) is 43.2. The first kappa shape index (κ1) is 17.2. The second kappa shape index (κ2) is 6.63. The van der Waals surface area contributed by atoms with Gasteiger partial charge in [0.1, 0.15) is 5.82 Å². The van der Waals surface area contributed by atoms with Crippen LogP contribution in [0.5, 0.6) is 0 Å². The fourth-order valence-electron chi connectivity index (χ4n) is 3.73. The van der Waals surface area contributed by atoms with E-state index in [1.807, 2.05) is 42.5 Å². The number of benzene rings is 1. The van der Waals surface area contributed by atoms with E-state index in [4.69, 9.17) is 4.98 Å². The predicted molar refractivity (Wildman–Crippen MR) is 108 cm³/mol. The SMILES string of the molecule is Cc1nc2c(c(=O)[nH]1)CN(C(=O)c1cc(-c3ccncc3)nc3ccccc13)C2. The molecule has 142 valence electrons. The summed E-state index contributed by atoms with van der Waals surface area (Å²) in [5.74, 6) is 0.409. The van der Waals surface area contributed by atoms with Crippen molar-refractivity contribution in [2.24, 2.45) is 0 Å². The number of aromatic amines is 1. The third kappa shape index (κ3) is 2.97. The third-order valence-corrected chi connectivity index (χ3v) is 5.12. The van der Waals surface area contributed by atoms with Crippen LogP contribution >= 0.6 is 0 Å². The molecule has 0 atom stereocenters. The molecule has 29 heavy (non-hydrogen) atoms. The minimum atomic E-state index is -0.181. The number of hydrogen-bond donors (Lipinski definition) is 1. The van der Waals surface area contributed by atoms with Crippen molar-refractivity contribution >= 4 is 16.8 Å². The van der Waals surface area contributed by atoms with Crippen LogP contribution in [0.4, 0.5) is 0 Å². The Kier molecular flexibility index (Phi) is 3.94. The van der Waals surface area contributed by atoms with Gasteiger partial charge in [0.2, 0.25) is 0 Å². The molecule has 0 fully saturated rings. The van der Waals surface area contributed by atoms with Gasteiger partial charge >= 0.3 is 0 Å². The molecule has 0 saturated carbocycles. The fraction of sp³-hybridized carbons (Fsp3) is 0.136. The monoisotopic (exact) mass is 383 g/mol. The Balaban J connectivity index is 1.60. The minimum Gasteiger partial charge on any atom is -0.328 e. The molecule has 4 aromatic rings. The van der Waals surface area contributed by atoms with Gasteiger partial charge in [0.25, 0.3) is 11.5 Å². The highest BCUT2D eigenvalue weighted by molar-refractivity contribution is 6.07. The highest BCUT2D eigenvalue weighted by atomic mass is 16.2. The summed E-state index contributed by atoms with van der Waals surface area (Å²) < 4.78 is 0. The molecule has 0 unspecified atom stereocenters. The van der Waals surface area contributed by atoms with Gasteiger partial charge in [-0.25, -0.2) is 9.97 Å². The zero-order valence-corrected chi connectivity index (χ0v) is 15.7. The van der Waals surface area contributed by atoms with E-state index in [2.05, 4.69) is 15.0 Å². The van der Waals surface area contributed by atoms with Gasteiger partial charge in [0, 0.05) is 23.3 Å². The number of rotatable bonds is 2. The van der Waals surface area contributed by atoms with Crippen LogP contribution in [0.25, 0.3) is 22.2 Å². The maximum absolute atomic E-state index is 13.5. The Labute approximate surface area is 166 Å². The number of carbonyl (C=O) groups excluding carboxylic acids is 1. The number of nitrogens with one attached hydrogen (secondary N) is 1. The lowest BCUT2D eigenvalue weighted by molar-refractivity contribution is 0.0752. The van der Waals surface area contributed by atoms with Crippen LogP contribution < -0.4 is 5.56 Å². The summed E-state index contributed by atoms with van der Waals surface area (Å²) >= 11 is 0. The molecule has 1 aliphatic rings. The average molecular weight is 383 g/mol. The largest absolute Gasteiger partial charge is 0.328 e. The summed E-state index contributed by atoms with van der Waals surface area (Å²) in [6.45, 7) is 2.31. The number of nitrogens with zero attached hydrogens (tertiary/aromatic N) is 4. The van der Waals surface area contributed by atoms with Gasteiger partial charge in [-0.1, -0.05) is 18.2 Å². The first-order valence-electron chi connectivity index (χ1n) is 9.28. The standard InChI is InChI=1S/C22H17N5O2/c1-13-24-20-12-27(11-17(20)21(28)25-13)22(29)16-10-19(14-6-8-23-9-7-14)26-18-5-3-2-4-15(16)18/h2-10H,11-12H2,1H3,(H,24,25,28). The number of para-hydroxylation sites is 1. The molecule has 3 aromatic heterocycles. The van der Waals surface area contributed by atoms with Crippen molar-refractivity contribution < 1.29 is 4.79 Å². The van der Waals surface area contributed by atoms with Gasteiger partial charge in [-0.3, -0.25) is 14.6 Å². The van der Waals surface area contributed by atoms with Gasteiger partial charge < -0.3 is 9.88 Å². The molecule has 0 aliphatic carbocycles. The molecular formula is C22H17N5O2. The second-order valence-electron chi connectivity index (χ2n) is 7.05. The Bertz CT molecular complexity index is 1310. The molecule has 4 heterocycles. The highest BCUT2D eigenvalue weighted by Crippen LogP contribution is 2.28. The van der Waals surface area contributed by atoms with E-state index in [9.17, 15) is 9.59 Å². The summed E-state index contributed by atoms with van der Waals surface area (Å²) in [6, 6.07) is 13.1. The highest BCUT2D eigenvalue weighted by Gasteiger charge is 2.29. The lowest BCUT2D eigenvalue weighted by Crippen LogP contribution is -2.26. The molecule has 7 nitrogen and oxygen atoms in total. The predicted octanol–water partition coefficient (Wildman–Crippen LogP) is 2.84. The van der Waals surface area contributed by atoms with E-state index in [0.29, 0.717) is 34.9 Å². The van der Waals surface area contributed by atoms with Crippen molar-refractivity contribution in [1.82, 2.24) is 24.8 Å². The molecule has 1 aliphatic heterocycles. The average Bonchev–Trinajstić information content (AvgIpc) is 3.17. The first-order chi connectivity index (χ1) is 14.1. The number of H-pyrrole nitrogens is 1. The van der Waals surface area contributed by atoms with Crippen LogP contribution in [0.2, 0.25) is 0 Å². The lowest BCUT2D eigenvalue weighted by Gasteiger charge is -2.17. The first-order valence-corrected chi connectivity index (χ1v) is 9.28. The Morgan fingerprint density at radius 1 is 1.07 bits per heavy atom. The van der Waals surface area contributed by atoms with Crippen LogP contribution in [0.1, 0.15) is 27.4 Å². The summed E-state index contributed by atoms with van der Waals surface area (Å²) in [5.41, 5.74) is 3.93. The van der Waals surface area contributed by atoms with Crippen LogP contribution in [0.3, 0.4) is 0 Å². The molecule has 1 amide bonds. The Morgan fingerprint density at radius 2 is 1.86 bits per heavy atom. The number of carbonyl (C=O) groups is 1. The van der Waals surface area contributed by atoms with Gasteiger partial charge in [-0.05, 0) is 31.2 Å². The van der Waals surface area contributed by atoms with Crippen molar-refractivity contribution in [2.75, 3.05) is 0 Å². The van der Waals surface area contributed by atoms with Crippen molar-refractivity contribution in [3.8, 4) is 11.3 Å². The second-order valence-corrected chi connectivity index (χ2v) is 7.05. The third-order valence-electron chi connectivity index (χ3n) is 5.12. The van der Waals surface area contributed by atoms with E-state index in [1.165, 1.54) is 0 Å². The molecule has 1 aromatic carbocycles. The summed E-state index contributed by atoms with van der Waals surface area (Å²) in [7, 11) is 0. The number of fused-ring (bicyclic) bond motifs is 2. The van der Waals surface area contributed by atoms with E-state index in [0.717, 1.165) is 16.5 Å². The normalized spacial score (nSPS) is 12.9. The van der Waals surface area contributed by atoms with E-state index >= 15 is 0 Å². The molecule has 0 spiro atoms. The van der Waals surface area contributed by atoms with Crippen molar-refractivity contribution in [1.29, 1.82) is 0 Å².